The minimum absolute atomic E-state index is 0.0238. The maximum absolute atomic E-state index is 13.0. The first-order valence-electron chi connectivity index (χ1n) is 10.3. The van der Waals surface area contributed by atoms with E-state index in [-0.39, 0.29) is 35.1 Å². The molecule has 1 saturated carbocycles. The van der Waals surface area contributed by atoms with Gasteiger partial charge in [0.15, 0.2) is 0 Å². The van der Waals surface area contributed by atoms with Crippen LogP contribution in [0.1, 0.15) is 46.6 Å². The van der Waals surface area contributed by atoms with Gasteiger partial charge in [0.25, 0.3) is 0 Å². The predicted molar refractivity (Wildman–Crippen MR) is 119 cm³/mol. The monoisotopic (exact) mass is 531 g/mol. The molecule has 1 aliphatic heterocycles. The third-order valence-corrected chi connectivity index (χ3v) is 9.24. The second kappa shape index (κ2) is 8.99. The van der Waals surface area contributed by atoms with Crippen LogP contribution in [-0.4, -0.2) is 43.1 Å². The zero-order valence-corrected chi connectivity index (χ0v) is 19.8. The fourth-order valence-electron chi connectivity index (χ4n) is 3.86. The van der Waals surface area contributed by atoms with Crippen molar-refractivity contribution in [1.29, 1.82) is 0 Å². The van der Waals surface area contributed by atoms with Gasteiger partial charge in [0.2, 0.25) is 21.7 Å². The quantitative estimate of drug-likeness (QED) is 0.473. The van der Waals surface area contributed by atoms with E-state index in [0.717, 1.165) is 23.4 Å². The number of thioether (sulfide) groups is 1. The molecule has 1 fully saturated rings. The molecule has 9 nitrogen and oxygen atoms in total. The van der Waals surface area contributed by atoms with Gasteiger partial charge < -0.3 is 14.9 Å². The summed E-state index contributed by atoms with van der Waals surface area (Å²) in [5.74, 6) is -3.43. The lowest BCUT2D eigenvalue weighted by Crippen LogP contribution is -2.44. The van der Waals surface area contributed by atoms with Crippen LogP contribution in [0.4, 0.5) is 13.2 Å². The number of carbonyl (C=O) groups is 2. The molecule has 188 valence electrons. The van der Waals surface area contributed by atoms with Gasteiger partial charge in [-0.2, -0.15) is 17.9 Å². The normalized spacial score (nSPS) is 24.2. The maximum Gasteiger partial charge on any atom is 0.452 e. The van der Waals surface area contributed by atoms with Gasteiger partial charge in [-0.25, -0.2) is 8.42 Å². The molecule has 2 aromatic rings. The predicted octanol–water partition coefficient (Wildman–Crippen LogP) is 2.93. The number of carboxylic acids is 1. The van der Waals surface area contributed by atoms with Crippen LogP contribution in [0.3, 0.4) is 0 Å². The zero-order chi connectivity index (χ0) is 25.6. The number of rotatable bonds is 8. The first-order valence-corrected chi connectivity index (χ1v) is 12.7. The summed E-state index contributed by atoms with van der Waals surface area (Å²) < 4.78 is 70.7. The highest BCUT2D eigenvalue weighted by atomic mass is 32.3. The number of nitrogens with zero attached hydrogens (tertiary/aromatic N) is 1. The molecular formula is C21H20F3N3O6S2. The maximum atomic E-state index is 13.0. The standard InChI is InChI=1S/C21H20F3N3O6S2/c1-25-17(28)8-11-2-4-12(5-3-11)13-10-20(13,19(29)30)27-35(31,32)18-7-6-15(34-18)14-9-16(33-26-14)21(22,23)24/h2-5,7,9,13,15,27H,6,8,10H2,1H3,(H,25,28)(H,29,30)/t13-,15?,20+/m0/s1. The lowest BCUT2D eigenvalue weighted by molar-refractivity contribution is -0.155. The summed E-state index contributed by atoms with van der Waals surface area (Å²) in [6.07, 6.45) is -3.13. The average Bonchev–Trinajstić information content (AvgIpc) is 3.15. The third-order valence-electron chi connectivity index (χ3n) is 5.84. The number of aliphatic carboxylic acids is 1. The molecule has 1 unspecified atom stereocenters. The summed E-state index contributed by atoms with van der Waals surface area (Å²) in [4.78, 5) is 23.6. The molecule has 0 radical (unpaired) electrons. The Labute approximate surface area is 202 Å². The van der Waals surface area contributed by atoms with Crippen molar-refractivity contribution in [2.75, 3.05) is 7.05 Å². The summed E-state index contributed by atoms with van der Waals surface area (Å²) in [5.41, 5.74) is -0.491. The van der Waals surface area contributed by atoms with Crippen LogP contribution in [0.25, 0.3) is 0 Å². The Bertz CT molecular complexity index is 1290. The Hall–Kier alpha value is -2.84. The number of likely N-dealkylation sites (N-methyl/N-ethyl adjacent to an activating group) is 1. The van der Waals surface area contributed by atoms with E-state index in [0.29, 0.717) is 5.56 Å². The van der Waals surface area contributed by atoms with Crippen molar-refractivity contribution in [2.45, 2.75) is 42.1 Å². The van der Waals surface area contributed by atoms with E-state index in [1.54, 1.807) is 24.3 Å². The number of amides is 1. The smallest absolute Gasteiger partial charge is 0.452 e. The third kappa shape index (κ3) is 5.09. The Morgan fingerprint density at radius 2 is 1.97 bits per heavy atom. The van der Waals surface area contributed by atoms with E-state index in [1.807, 2.05) is 0 Å². The van der Waals surface area contributed by atoms with E-state index >= 15 is 0 Å². The van der Waals surface area contributed by atoms with Gasteiger partial charge in [0.1, 0.15) is 9.78 Å². The van der Waals surface area contributed by atoms with E-state index < -0.39 is 44.6 Å². The lowest BCUT2D eigenvalue weighted by Gasteiger charge is -2.16. The van der Waals surface area contributed by atoms with Crippen LogP contribution in [0.2, 0.25) is 0 Å². The molecule has 4 rings (SSSR count). The highest BCUT2D eigenvalue weighted by Gasteiger charge is 2.63. The Morgan fingerprint density at radius 3 is 2.54 bits per heavy atom. The molecule has 0 bridgehead atoms. The SMILES string of the molecule is CNC(=O)Cc1ccc([C@@H]2C[C@]2(NS(=O)(=O)C2=CCC(c3cc(C(F)(F)F)on3)S2)C(=O)O)cc1. The van der Waals surface area contributed by atoms with Gasteiger partial charge in [-0.1, -0.05) is 35.5 Å². The van der Waals surface area contributed by atoms with Crippen molar-refractivity contribution >= 4 is 33.7 Å². The second-order valence-corrected chi connectivity index (χ2v) is 11.4. The number of halogens is 3. The summed E-state index contributed by atoms with van der Waals surface area (Å²) in [7, 11) is -2.76. The molecular weight excluding hydrogens is 511 g/mol. The van der Waals surface area contributed by atoms with Crippen molar-refractivity contribution in [3.05, 3.63) is 63.2 Å². The van der Waals surface area contributed by atoms with Crippen LogP contribution in [0.15, 0.2) is 45.2 Å². The van der Waals surface area contributed by atoms with Gasteiger partial charge in [0, 0.05) is 19.0 Å². The average molecular weight is 532 g/mol. The molecule has 0 saturated heterocycles. The van der Waals surface area contributed by atoms with E-state index in [1.165, 1.54) is 13.1 Å². The van der Waals surface area contributed by atoms with Crippen molar-refractivity contribution < 1.29 is 40.8 Å². The lowest BCUT2D eigenvalue weighted by atomic mass is 10.0. The van der Waals surface area contributed by atoms with Crippen LogP contribution < -0.4 is 10.0 Å². The molecule has 35 heavy (non-hydrogen) atoms. The Balaban J connectivity index is 1.46. The number of sulfonamides is 1. The number of alkyl halides is 3. The molecule has 2 aliphatic rings. The van der Waals surface area contributed by atoms with Crippen molar-refractivity contribution in [1.82, 2.24) is 15.2 Å². The summed E-state index contributed by atoms with van der Waals surface area (Å²) in [6.45, 7) is 0. The van der Waals surface area contributed by atoms with E-state index in [4.69, 9.17) is 0 Å². The fraction of sp³-hybridized carbons (Fsp3) is 0.381. The number of nitrogens with one attached hydrogen (secondary N) is 2. The van der Waals surface area contributed by atoms with Crippen molar-refractivity contribution in [3.63, 3.8) is 0 Å². The summed E-state index contributed by atoms with van der Waals surface area (Å²) >= 11 is 0.772. The highest BCUT2D eigenvalue weighted by Crippen LogP contribution is 2.54. The zero-order valence-electron chi connectivity index (χ0n) is 18.1. The number of hydrogen-bond donors (Lipinski definition) is 3. The number of carboxylic acid groups (broad SMARTS) is 1. The Morgan fingerprint density at radius 1 is 1.29 bits per heavy atom. The number of carbonyl (C=O) groups excluding carboxylic acids is 1. The fourth-order valence-corrected chi connectivity index (χ4v) is 6.94. The first-order chi connectivity index (χ1) is 16.4. The molecule has 0 spiro atoms. The first kappa shape index (κ1) is 25.3. The number of aromatic nitrogens is 1. The summed E-state index contributed by atoms with van der Waals surface area (Å²) in [5, 5.41) is 15.0. The van der Waals surface area contributed by atoms with Crippen LogP contribution >= 0.6 is 11.8 Å². The summed E-state index contributed by atoms with van der Waals surface area (Å²) in [6, 6.07) is 7.39. The number of benzene rings is 1. The molecule has 1 amide bonds. The van der Waals surface area contributed by atoms with E-state index in [9.17, 15) is 36.3 Å². The minimum atomic E-state index is -4.71. The van der Waals surface area contributed by atoms with Gasteiger partial charge in [-0.3, -0.25) is 9.59 Å². The van der Waals surface area contributed by atoms with E-state index in [2.05, 4.69) is 19.7 Å². The van der Waals surface area contributed by atoms with Gasteiger partial charge in [-0.15, -0.1) is 11.8 Å². The molecule has 1 aliphatic carbocycles. The van der Waals surface area contributed by atoms with Gasteiger partial charge >= 0.3 is 12.1 Å². The molecule has 3 atom stereocenters. The van der Waals surface area contributed by atoms with Crippen molar-refractivity contribution in [3.8, 4) is 0 Å². The minimum Gasteiger partial charge on any atom is -0.480 e. The Kier molecular flexibility index (Phi) is 6.49. The second-order valence-electron chi connectivity index (χ2n) is 8.21. The highest BCUT2D eigenvalue weighted by molar-refractivity contribution is 8.18. The van der Waals surface area contributed by atoms with Crippen LogP contribution in [0, 0.1) is 0 Å². The van der Waals surface area contributed by atoms with Gasteiger partial charge in [0.05, 0.1) is 17.4 Å². The molecule has 1 aromatic carbocycles. The number of hydrogen-bond acceptors (Lipinski definition) is 7. The topological polar surface area (TPSA) is 139 Å². The largest absolute Gasteiger partial charge is 0.480 e. The number of allylic oxidation sites excluding steroid dienone is 1. The van der Waals surface area contributed by atoms with Crippen molar-refractivity contribution in [2.24, 2.45) is 0 Å². The molecule has 3 N–H and O–H groups in total. The molecule has 1 aromatic heterocycles. The van der Waals surface area contributed by atoms with Crippen LogP contribution in [0.5, 0.6) is 0 Å². The van der Waals surface area contributed by atoms with Gasteiger partial charge in [-0.05, 0) is 24.0 Å². The molecule has 14 heteroatoms. The van der Waals surface area contributed by atoms with Crippen LogP contribution in [-0.2, 0) is 32.2 Å². The molecule has 2 heterocycles.